The number of hydrogen-bond donors (Lipinski definition) is 0. The number of rotatable bonds is 6. The van der Waals surface area contributed by atoms with Crippen LogP contribution in [0.15, 0.2) is 42.5 Å². The monoisotopic (exact) mass is 464 g/mol. The van der Waals surface area contributed by atoms with Crippen molar-refractivity contribution in [3.05, 3.63) is 64.7 Å². The maximum absolute atomic E-state index is 12.9. The van der Waals surface area contributed by atoms with Gasteiger partial charge in [0, 0.05) is 12.1 Å². The maximum Gasteiger partial charge on any atom is 0.342 e. The van der Waals surface area contributed by atoms with Crippen molar-refractivity contribution in [1.82, 2.24) is 9.80 Å². The molecule has 0 spiro atoms. The summed E-state index contributed by atoms with van der Waals surface area (Å²) in [4.78, 5) is 53.9. The molecule has 1 fully saturated rings. The SMILES string of the molecule is COc1ccc(CN2C(=O)c3ccccc3C2=O)cc1C(=O)OCC(=O)N1[C@@H](C)CCC[C@@H]1C. The first-order valence-electron chi connectivity index (χ1n) is 11.4. The summed E-state index contributed by atoms with van der Waals surface area (Å²) in [7, 11) is 1.43. The van der Waals surface area contributed by atoms with Crippen LogP contribution in [-0.2, 0) is 16.1 Å². The van der Waals surface area contributed by atoms with Crippen LogP contribution >= 0.6 is 0 Å². The Bertz CT molecular complexity index is 1100. The number of piperidine rings is 1. The van der Waals surface area contributed by atoms with E-state index in [-0.39, 0.29) is 54.3 Å². The third kappa shape index (κ3) is 4.40. The van der Waals surface area contributed by atoms with E-state index in [1.54, 1.807) is 41.3 Å². The number of carbonyl (C=O) groups is 4. The lowest BCUT2D eigenvalue weighted by molar-refractivity contribution is -0.140. The number of hydrogen-bond acceptors (Lipinski definition) is 6. The summed E-state index contributed by atoms with van der Waals surface area (Å²) in [5.41, 5.74) is 1.41. The Morgan fingerprint density at radius 1 is 0.971 bits per heavy atom. The number of likely N-dealkylation sites (tertiary alicyclic amines) is 1. The van der Waals surface area contributed by atoms with Crippen LogP contribution in [0, 0.1) is 0 Å². The molecule has 2 aromatic rings. The van der Waals surface area contributed by atoms with Gasteiger partial charge in [0.2, 0.25) is 0 Å². The van der Waals surface area contributed by atoms with Crippen LogP contribution in [0.3, 0.4) is 0 Å². The van der Waals surface area contributed by atoms with E-state index in [1.807, 2.05) is 13.8 Å². The topological polar surface area (TPSA) is 93.2 Å². The van der Waals surface area contributed by atoms with Crippen LogP contribution in [0.1, 0.15) is 69.7 Å². The van der Waals surface area contributed by atoms with Gasteiger partial charge in [0.1, 0.15) is 11.3 Å². The van der Waals surface area contributed by atoms with Gasteiger partial charge in [0.15, 0.2) is 6.61 Å². The van der Waals surface area contributed by atoms with E-state index in [0.29, 0.717) is 16.7 Å². The first kappa shape index (κ1) is 23.5. The van der Waals surface area contributed by atoms with E-state index < -0.39 is 5.97 Å². The first-order valence-corrected chi connectivity index (χ1v) is 11.4. The molecule has 4 rings (SSSR count). The molecule has 0 bridgehead atoms. The van der Waals surface area contributed by atoms with Gasteiger partial charge in [-0.3, -0.25) is 19.3 Å². The number of benzene rings is 2. The molecule has 178 valence electrons. The van der Waals surface area contributed by atoms with Gasteiger partial charge in [0.25, 0.3) is 17.7 Å². The fourth-order valence-corrected chi connectivity index (χ4v) is 4.77. The van der Waals surface area contributed by atoms with Crippen molar-refractivity contribution >= 4 is 23.7 Å². The molecule has 0 saturated carbocycles. The second-order valence-electron chi connectivity index (χ2n) is 8.78. The van der Waals surface area contributed by atoms with Gasteiger partial charge in [-0.05, 0) is 62.9 Å². The maximum atomic E-state index is 12.9. The average molecular weight is 465 g/mol. The summed E-state index contributed by atoms with van der Waals surface area (Å²) in [6.07, 6.45) is 2.93. The number of esters is 1. The predicted molar refractivity (Wildman–Crippen MR) is 124 cm³/mol. The Hall–Kier alpha value is -3.68. The van der Waals surface area contributed by atoms with Crippen molar-refractivity contribution in [2.45, 2.75) is 51.7 Å². The lowest BCUT2D eigenvalue weighted by atomic mass is 9.97. The van der Waals surface area contributed by atoms with Crippen LogP contribution in [0.25, 0.3) is 0 Å². The van der Waals surface area contributed by atoms with Gasteiger partial charge in [-0.25, -0.2) is 4.79 Å². The third-order valence-corrected chi connectivity index (χ3v) is 6.51. The average Bonchev–Trinajstić information content (AvgIpc) is 3.07. The molecule has 0 N–H and O–H groups in total. The minimum absolute atomic E-state index is 0.00163. The van der Waals surface area contributed by atoms with E-state index in [9.17, 15) is 19.2 Å². The molecule has 2 atom stereocenters. The standard InChI is InChI=1S/C26H28N2O6/c1-16-7-6-8-17(2)28(16)23(29)15-34-26(32)21-13-18(11-12-22(21)33-3)14-27-24(30)19-9-4-5-10-20(19)25(27)31/h4-5,9-13,16-17H,6-8,14-15H2,1-3H3/t16-,17-/m0/s1. The normalized spacial score (nSPS) is 19.7. The fourth-order valence-electron chi connectivity index (χ4n) is 4.77. The second-order valence-corrected chi connectivity index (χ2v) is 8.78. The number of fused-ring (bicyclic) bond motifs is 1. The summed E-state index contributed by atoms with van der Waals surface area (Å²) in [6.45, 7) is 3.64. The fraction of sp³-hybridized carbons (Fsp3) is 0.385. The van der Waals surface area contributed by atoms with E-state index >= 15 is 0 Å². The van der Waals surface area contributed by atoms with Gasteiger partial charge in [0.05, 0.1) is 24.8 Å². The highest BCUT2D eigenvalue weighted by Gasteiger charge is 2.35. The third-order valence-electron chi connectivity index (χ3n) is 6.51. The zero-order valence-electron chi connectivity index (χ0n) is 19.6. The highest BCUT2D eigenvalue weighted by molar-refractivity contribution is 6.21. The van der Waals surface area contributed by atoms with E-state index in [1.165, 1.54) is 13.2 Å². The molecular formula is C26H28N2O6. The predicted octanol–water partition coefficient (Wildman–Crippen LogP) is 3.44. The smallest absolute Gasteiger partial charge is 0.342 e. The summed E-state index contributed by atoms with van der Waals surface area (Å²) >= 11 is 0. The summed E-state index contributed by atoms with van der Waals surface area (Å²) in [5, 5.41) is 0. The zero-order valence-corrected chi connectivity index (χ0v) is 19.6. The first-order chi connectivity index (χ1) is 16.3. The quantitative estimate of drug-likeness (QED) is 0.480. The number of methoxy groups -OCH3 is 1. The Morgan fingerprint density at radius 2 is 1.59 bits per heavy atom. The highest BCUT2D eigenvalue weighted by Crippen LogP contribution is 2.27. The number of imide groups is 1. The van der Waals surface area contributed by atoms with Crippen LogP contribution in [0.4, 0.5) is 0 Å². The molecule has 2 aliphatic rings. The number of nitrogens with zero attached hydrogens (tertiary/aromatic N) is 2. The molecule has 2 aromatic carbocycles. The lowest BCUT2D eigenvalue weighted by Crippen LogP contribution is -2.49. The van der Waals surface area contributed by atoms with Crippen molar-refractivity contribution in [3.63, 3.8) is 0 Å². The summed E-state index contributed by atoms with van der Waals surface area (Å²) < 4.78 is 10.6. The molecule has 0 unspecified atom stereocenters. The lowest BCUT2D eigenvalue weighted by Gasteiger charge is -2.38. The summed E-state index contributed by atoms with van der Waals surface area (Å²) in [6, 6.07) is 11.7. The van der Waals surface area contributed by atoms with Crippen molar-refractivity contribution in [1.29, 1.82) is 0 Å². The molecule has 8 nitrogen and oxygen atoms in total. The molecule has 0 aromatic heterocycles. The van der Waals surface area contributed by atoms with Crippen LogP contribution < -0.4 is 4.74 Å². The van der Waals surface area contributed by atoms with Gasteiger partial charge in [-0.1, -0.05) is 18.2 Å². The number of amides is 3. The minimum Gasteiger partial charge on any atom is -0.496 e. The highest BCUT2D eigenvalue weighted by atomic mass is 16.5. The molecule has 3 amide bonds. The minimum atomic E-state index is -0.702. The second kappa shape index (κ2) is 9.67. The van der Waals surface area contributed by atoms with Crippen molar-refractivity contribution in [2.24, 2.45) is 0 Å². The number of carbonyl (C=O) groups excluding carboxylic acids is 4. The Balaban J connectivity index is 1.47. The molecule has 2 aliphatic heterocycles. The van der Waals surface area contributed by atoms with E-state index in [2.05, 4.69) is 0 Å². The molecule has 8 heteroatoms. The Kier molecular flexibility index (Phi) is 6.68. The molecule has 34 heavy (non-hydrogen) atoms. The number of ether oxygens (including phenoxy) is 2. The van der Waals surface area contributed by atoms with Crippen molar-refractivity contribution in [3.8, 4) is 5.75 Å². The van der Waals surface area contributed by atoms with E-state index in [4.69, 9.17) is 9.47 Å². The van der Waals surface area contributed by atoms with Gasteiger partial charge in [-0.15, -0.1) is 0 Å². The zero-order chi connectivity index (χ0) is 24.4. The van der Waals surface area contributed by atoms with Gasteiger partial charge in [-0.2, -0.15) is 0 Å². The summed E-state index contributed by atoms with van der Waals surface area (Å²) in [5.74, 6) is -1.41. The molecule has 2 heterocycles. The Morgan fingerprint density at radius 3 is 2.18 bits per heavy atom. The van der Waals surface area contributed by atoms with Crippen molar-refractivity contribution in [2.75, 3.05) is 13.7 Å². The van der Waals surface area contributed by atoms with Gasteiger partial charge < -0.3 is 14.4 Å². The van der Waals surface area contributed by atoms with Gasteiger partial charge >= 0.3 is 5.97 Å². The van der Waals surface area contributed by atoms with Crippen LogP contribution in [-0.4, -0.2) is 59.3 Å². The van der Waals surface area contributed by atoms with Crippen molar-refractivity contribution < 1.29 is 28.7 Å². The van der Waals surface area contributed by atoms with Crippen LogP contribution in [0.5, 0.6) is 5.75 Å². The molecule has 1 saturated heterocycles. The van der Waals surface area contributed by atoms with E-state index in [0.717, 1.165) is 24.2 Å². The molecular weight excluding hydrogens is 436 g/mol. The Labute approximate surface area is 198 Å². The van der Waals surface area contributed by atoms with Crippen LogP contribution in [0.2, 0.25) is 0 Å². The molecule has 0 radical (unpaired) electrons. The molecule has 0 aliphatic carbocycles. The largest absolute Gasteiger partial charge is 0.496 e.